The first-order chi connectivity index (χ1) is 8.69. The van der Waals surface area contributed by atoms with Crippen LogP contribution in [0, 0.1) is 5.82 Å². The van der Waals surface area contributed by atoms with E-state index in [1.54, 1.807) is 24.5 Å². The van der Waals surface area contributed by atoms with E-state index in [2.05, 4.69) is 22.2 Å². The third-order valence-corrected chi connectivity index (χ3v) is 2.84. The summed E-state index contributed by atoms with van der Waals surface area (Å²) in [6.07, 6.45) is 5.11. The number of nitrogen functional groups attached to an aromatic ring is 1. The minimum absolute atomic E-state index is 0.134. The molecule has 0 bridgehead atoms. The molecule has 0 amide bonds. The largest absolute Gasteiger partial charge is 0.399 e. The monoisotopic (exact) mass is 248 g/mol. The standard InChI is InChI=1S/C13H17FN4/c1-2-10(8-13-16-5-6-17-13)18-12-4-3-9(15)7-11(12)14/h3-7,10,18H,2,8,15H2,1H3,(H,16,17). The molecule has 1 atom stereocenters. The van der Waals surface area contributed by atoms with Gasteiger partial charge in [0.15, 0.2) is 0 Å². The highest BCUT2D eigenvalue weighted by Gasteiger charge is 2.11. The number of halogens is 1. The molecule has 1 heterocycles. The molecule has 0 aliphatic carbocycles. The molecular weight excluding hydrogens is 231 g/mol. The molecule has 0 aliphatic heterocycles. The van der Waals surface area contributed by atoms with Crippen LogP contribution in [0.25, 0.3) is 0 Å². The number of benzene rings is 1. The van der Waals surface area contributed by atoms with Crippen LogP contribution < -0.4 is 11.1 Å². The van der Waals surface area contributed by atoms with Crippen molar-refractivity contribution in [2.45, 2.75) is 25.8 Å². The third kappa shape index (κ3) is 3.00. The highest BCUT2D eigenvalue weighted by molar-refractivity contribution is 5.53. The van der Waals surface area contributed by atoms with Crippen LogP contribution in [-0.4, -0.2) is 16.0 Å². The number of hydrogen-bond donors (Lipinski definition) is 3. The molecule has 0 saturated carbocycles. The maximum atomic E-state index is 13.7. The molecule has 1 aromatic heterocycles. The maximum Gasteiger partial charge on any atom is 0.148 e. The van der Waals surface area contributed by atoms with Gasteiger partial charge in [-0.1, -0.05) is 6.92 Å². The van der Waals surface area contributed by atoms with Crippen LogP contribution in [0.2, 0.25) is 0 Å². The highest BCUT2D eigenvalue weighted by atomic mass is 19.1. The molecular formula is C13H17FN4. The van der Waals surface area contributed by atoms with Crippen LogP contribution in [-0.2, 0) is 6.42 Å². The Labute approximate surface area is 105 Å². The van der Waals surface area contributed by atoms with Crippen LogP contribution in [0.1, 0.15) is 19.2 Å². The normalized spacial score (nSPS) is 12.3. The summed E-state index contributed by atoms with van der Waals surface area (Å²) < 4.78 is 13.7. The summed E-state index contributed by atoms with van der Waals surface area (Å²) in [4.78, 5) is 7.22. The SMILES string of the molecule is CCC(Cc1ncc[nH]1)Nc1ccc(N)cc1F. The second-order valence-corrected chi connectivity index (χ2v) is 4.23. The summed E-state index contributed by atoms with van der Waals surface area (Å²) in [6.45, 7) is 2.05. The molecule has 1 aromatic carbocycles. The first-order valence-electron chi connectivity index (χ1n) is 5.99. The topological polar surface area (TPSA) is 66.7 Å². The molecule has 0 aliphatic rings. The fraction of sp³-hybridized carbons (Fsp3) is 0.308. The second-order valence-electron chi connectivity index (χ2n) is 4.23. The van der Waals surface area contributed by atoms with Gasteiger partial charge in [0, 0.05) is 30.5 Å². The Hall–Kier alpha value is -2.04. The van der Waals surface area contributed by atoms with Gasteiger partial charge >= 0.3 is 0 Å². The number of imidazole rings is 1. The quantitative estimate of drug-likeness (QED) is 0.712. The van der Waals surface area contributed by atoms with Gasteiger partial charge in [-0.05, 0) is 24.6 Å². The lowest BCUT2D eigenvalue weighted by Gasteiger charge is -2.17. The van der Waals surface area contributed by atoms with Crippen LogP contribution in [0.15, 0.2) is 30.6 Å². The van der Waals surface area contributed by atoms with Gasteiger partial charge in [0.25, 0.3) is 0 Å². The predicted molar refractivity (Wildman–Crippen MR) is 70.8 cm³/mol. The van der Waals surface area contributed by atoms with Gasteiger partial charge in [-0.2, -0.15) is 0 Å². The van der Waals surface area contributed by atoms with Crippen molar-refractivity contribution < 1.29 is 4.39 Å². The Morgan fingerprint density at radius 1 is 1.50 bits per heavy atom. The number of hydrogen-bond acceptors (Lipinski definition) is 3. The smallest absolute Gasteiger partial charge is 0.148 e. The summed E-state index contributed by atoms with van der Waals surface area (Å²) in [7, 11) is 0. The number of nitrogens with one attached hydrogen (secondary N) is 2. The van der Waals surface area contributed by atoms with Gasteiger partial charge in [-0.3, -0.25) is 0 Å². The van der Waals surface area contributed by atoms with Crippen LogP contribution in [0.5, 0.6) is 0 Å². The average Bonchev–Trinajstić information content (AvgIpc) is 2.84. The molecule has 2 rings (SSSR count). The number of aromatic nitrogens is 2. The van der Waals surface area contributed by atoms with Crippen LogP contribution in [0.4, 0.5) is 15.8 Å². The van der Waals surface area contributed by atoms with Crippen LogP contribution in [0.3, 0.4) is 0 Å². The fourth-order valence-corrected chi connectivity index (χ4v) is 1.81. The lowest BCUT2D eigenvalue weighted by atomic mass is 10.1. The lowest BCUT2D eigenvalue weighted by molar-refractivity contribution is 0.616. The Morgan fingerprint density at radius 3 is 2.94 bits per heavy atom. The molecule has 0 saturated heterocycles. The molecule has 2 aromatic rings. The highest BCUT2D eigenvalue weighted by Crippen LogP contribution is 2.19. The number of nitrogens with two attached hydrogens (primary N) is 1. The molecule has 4 nitrogen and oxygen atoms in total. The predicted octanol–water partition coefficient (Wildman–Crippen LogP) is 2.56. The van der Waals surface area contributed by atoms with E-state index in [9.17, 15) is 4.39 Å². The minimum Gasteiger partial charge on any atom is -0.399 e. The van der Waals surface area contributed by atoms with Crippen molar-refractivity contribution in [1.82, 2.24) is 9.97 Å². The number of anilines is 2. The van der Waals surface area contributed by atoms with Gasteiger partial charge in [-0.15, -0.1) is 0 Å². The third-order valence-electron chi connectivity index (χ3n) is 2.84. The number of aromatic amines is 1. The Morgan fingerprint density at radius 2 is 2.33 bits per heavy atom. The van der Waals surface area contributed by atoms with Crippen molar-refractivity contribution >= 4 is 11.4 Å². The Balaban J connectivity index is 2.05. The average molecular weight is 248 g/mol. The second kappa shape index (κ2) is 5.53. The molecule has 1 unspecified atom stereocenters. The number of H-pyrrole nitrogens is 1. The molecule has 5 heteroatoms. The molecule has 18 heavy (non-hydrogen) atoms. The number of rotatable bonds is 5. The molecule has 96 valence electrons. The van der Waals surface area contributed by atoms with E-state index in [0.29, 0.717) is 11.4 Å². The van der Waals surface area contributed by atoms with Gasteiger partial charge in [0.1, 0.15) is 11.6 Å². The summed E-state index contributed by atoms with van der Waals surface area (Å²) in [5.74, 6) is 0.568. The fourth-order valence-electron chi connectivity index (χ4n) is 1.81. The van der Waals surface area contributed by atoms with E-state index < -0.39 is 0 Å². The minimum atomic E-state index is -0.326. The Bertz CT molecular complexity index is 496. The van der Waals surface area contributed by atoms with Crippen molar-refractivity contribution in [3.63, 3.8) is 0 Å². The van der Waals surface area contributed by atoms with E-state index in [1.165, 1.54) is 6.07 Å². The first kappa shape index (κ1) is 12.4. The van der Waals surface area contributed by atoms with E-state index in [-0.39, 0.29) is 11.9 Å². The van der Waals surface area contributed by atoms with Crippen LogP contribution >= 0.6 is 0 Å². The number of nitrogens with zero attached hydrogens (tertiary/aromatic N) is 1. The van der Waals surface area contributed by atoms with E-state index in [4.69, 9.17) is 5.73 Å². The van der Waals surface area contributed by atoms with Crippen molar-refractivity contribution in [3.05, 3.63) is 42.2 Å². The van der Waals surface area contributed by atoms with Gasteiger partial charge in [0.05, 0.1) is 5.69 Å². The van der Waals surface area contributed by atoms with Gasteiger partial charge in [-0.25, -0.2) is 9.37 Å². The zero-order valence-electron chi connectivity index (χ0n) is 10.3. The lowest BCUT2D eigenvalue weighted by Crippen LogP contribution is -2.22. The summed E-state index contributed by atoms with van der Waals surface area (Å²) >= 11 is 0. The Kier molecular flexibility index (Phi) is 3.82. The van der Waals surface area contributed by atoms with E-state index in [0.717, 1.165) is 18.7 Å². The van der Waals surface area contributed by atoms with Crippen molar-refractivity contribution in [2.24, 2.45) is 0 Å². The zero-order chi connectivity index (χ0) is 13.0. The maximum absolute atomic E-state index is 13.7. The van der Waals surface area contributed by atoms with E-state index in [1.807, 2.05) is 0 Å². The van der Waals surface area contributed by atoms with Crippen molar-refractivity contribution in [1.29, 1.82) is 0 Å². The molecule has 0 fully saturated rings. The summed E-state index contributed by atoms with van der Waals surface area (Å²) in [6, 6.07) is 4.80. The van der Waals surface area contributed by atoms with Gasteiger partial charge < -0.3 is 16.0 Å². The molecule has 0 spiro atoms. The molecule has 0 radical (unpaired) electrons. The van der Waals surface area contributed by atoms with Gasteiger partial charge in [0.2, 0.25) is 0 Å². The van der Waals surface area contributed by atoms with Crippen molar-refractivity contribution in [2.75, 3.05) is 11.1 Å². The summed E-state index contributed by atoms with van der Waals surface area (Å²) in [5, 5.41) is 3.17. The zero-order valence-corrected chi connectivity index (χ0v) is 10.3. The molecule has 4 N–H and O–H groups in total. The van der Waals surface area contributed by atoms with Crippen molar-refractivity contribution in [3.8, 4) is 0 Å². The van der Waals surface area contributed by atoms with E-state index >= 15 is 0 Å². The first-order valence-corrected chi connectivity index (χ1v) is 5.99. The summed E-state index contributed by atoms with van der Waals surface area (Å²) in [5.41, 5.74) is 6.42.